The Bertz CT molecular complexity index is 988. The van der Waals surface area contributed by atoms with Crippen molar-refractivity contribution < 1.29 is 23.1 Å². The summed E-state index contributed by atoms with van der Waals surface area (Å²) in [5, 5.41) is 9.19. The summed E-state index contributed by atoms with van der Waals surface area (Å²) in [4.78, 5) is 13.3. The smallest absolute Gasteiger partial charge is 0.335 e. The predicted octanol–water partition coefficient (Wildman–Crippen LogP) is 2.83. The van der Waals surface area contributed by atoms with Crippen molar-refractivity contribution in [1.29, 1.82) is 0 Å². The Morgan fingerprint density at radius 3 is 2.37 bits per heavy atom. The number of sulfonamides is 1. The minimum atomic E-state index is -3.85. The van der Waals surface area contributed by atoms with Crippen LogP contribution in [0.25, 0.3) is 6.08 Å². The Morgan fingerprint density at radius 1 is 1.10 bits per heavy atom. The molecule has 1 aliphatic heterocycles. The third kappa shape index (κ3) is 5.60. The SMILES string of the molecule is COc1ccc(C(=O)O)cc1S(=O)(=O)N1CCN(C/C=C/c2ccccc2)CC1.Cl. The molecule has 0 radical (unpaired) electrons. The Balaban J connectivity index is 0.00000320. The number of methoxy groups -OCH3 is 1. The first-order valence-electron chi connectivity index (χ1n) is 9.27. The van der Waals surface area contributed by atoms with E-state index in [-0.39, 0.29) is 28.6 Å². The third-order valence-corrected chi connectivity index (χ3v) is 6.75. The van der Waals surface area contributed by atoms with Crippen LogP contribution in [0.15, 0.2) is 59.5 Å². The monoisotopic (exact) mass is 452 g/mol. The Labute approximate surface area is 183 Å². The molecule has 7 nitrogen and oxygen atoms in total. The second-order valence-corrected chi connectivity index (χ2v) is 8.59. The molecule has 1 saturated heterocycles. The van der Waals surface area contributed by atoms with Gasteiger partial charge in [-0.3, -0.25) is 4.90 Å². The lowest BCUT2D eigenvalue weighted by Crippen LogP contribution is -2.48. The molecular formula is C21H25ClN2O5S. The Hall–Kier alpha value is -2.39. The van der Waals surface area contributed by atoms with Gasteiger partial charge < -0.3 is 9.84 Å². The molecule has 0 aliphatic carbocycles. The molecular weight excluding hydrogens is 428 g/mol. The summed E-state index contributed by atoms with van der Waals surface area (Å²) >= 11 is 0. The Morgan fingerprint density at radius 2 is 1.77 bits per heavy atom. The highest BCUT2D eigenvalue weighted by atomic mass is 35.5. The average molecular weight is 453 g/mol. The molecule has 0 amide bonds. The van der Waals surface area contributed by atoms with Gasteiger partial charge >= 0.3 is 5.97 Å². The first-order chi connectivity index (χ1) is 13.9. The number of carbonyl (C=O) groups is 1. The summed E-state index contributed by atoms with van der Waals surface area (Å²) in [5.74, 6) is -1.04. The number of piperazine rings is 1. The molecule has 0 atom stereocenters. The summed E-state index contributed by atoms with van der Waals surface area (Å²) in [7, 11) is -2.48. The van der Waals surface area contributed by atoms with Gasteiger partial charge in [-0.15, -0.1) is 12.4 Å². The van der Waals surface area contributed by atoms with Crippen LogP contribution >= 0.6 is 12.4 Å². The number of ether oxygens (including phenoxy) is 1. The van der Waals surface area contributed by atoms with E-state index in [2.05, 4.69) is 11.0 Å². The fourth-order valence-electron chi connectivity index (χ4n) is 3.20. The van der Waals surface area contributed by atoms with Crippen molar-refractivity contribution in [2.45, 2.75) is 4.90 Å². The number of aromatic carboxylic acids is 1. The van der Waals surface area contributed by atoms with E-state index in [9.17, 15) is 18.3 Å². The maximum absolute atomic E-state index is 13.1. The van der Waals surface area contributed by atoms with Crippen molar-refractivity contribution in [3.8, 4) is 5.75 Å². The quantitative estimate of drug-likeness (QED) is 0.695. The van der Waals surface area contributed by atoms with Gasteiger partial charge in [0.05, 0.1) is 12.7 Å². The second kappa shape index (κ2) is 10.6. The Kier molecular flexibility index (Phi) is 8.43. The minimum Gasteiger partial charge on any atom is -0.495 e. The van der Waals surface area contributed by atoms with Crippen molar-refractivity contribution in [3.63, 3.8) is 0 Å². The maximum Gasteiger partial charge on any atom is 0.335 e. The van der Waals surface area contributed by atoms with Crippen LogP contribution in [0.2, 0.25) is 0 Å². The van der Waals surface area contributed by atoms with Crippen LogP contribution in [0.1, 0.15) is 15.9 Å². The molecule has 0 unspecified atom stereocenters. The van der Waals surface area contributed by atoms with Crippen molar-refractivity contribution in [2.75, 3.05) is 39.8 Å². The zero-order chi connectivity index (χ0) is 20.9. The fraction of sp³-hybridized carbons (Fsp3) is 0.286. The highest BCUT2D eigenvalue weighted by Crippen LogP contribution is 2.28. The molecule has 2 aromatic rings. The standard InChI is InChI=1S/C21H24N2O5S.ClH/c1-28-19-10-9-18(21(24)25)16-20(19)29(26,27)23-14-12-22(13-15-23)11-5-8-17-6-3-2-4-7-17;/h2-10,16H,11-15H2,1H3,(H,24,25);1H/b8-5+;. The molecule has 3 rings (SSSR count). The van der Waals surface area contributed by atoms with Gasteiger partial charge in [0.1, 0.15) is 10.6 Å². The maximum atomic E-state index is 13.1. The van der Waals surface area contributed by atoms with E-state index in [1.807, 2.05) is 36.4 Å². The van der Waals surface area contributed by atoms with Crippen LogP contribution < -0.4 is 4.74 Å². The third-order valence-electron chi connectivity index (χ3n) is 4.83. The fourth-order valence-corrected chi connectivity index (χ4v) is 4.81. The van der Waals surface area contributed by atoms with Gasteiger partial charge in [-0.25, -0.2) is 13.2 Å². The summed E-state index contributed by atoms with van der Waals surface area (Å²) in [6.07, 6.45) is 4.12. The molecule has 0 spiro atoms. The highest BCUT2D eigenvalue weighted by Gasteiger charge is 2.31. The van der Waals surface area contributed by atoms with E-state index in [0.29, 0.717) is 26.2 Å². The summed E-state index contributed by atoms with van der Waals surface area (Å²) < 4.78 is 32.7. The zero-order valence-electron chi connectivity index (χ0n) is 16.6. The second-order valence-electron chi connectivity index (χ2n) is 6.69. The van der Waals surface area contributed by atoms with Gasteiger partial charge in [0.25, 0.3) is 0 Å². The van der Waals surface area contributed by atoms with Gasteiger partial charge in [0, 0.05) is 32.7 Å². The molecule has 9 heteroatoms. The number of carboxylic acid groups (broad SMARTS) is 1. The van der Waals surface area contributed by atoms with E-state index in [4.69, 9.17) is 4.74 Å². The van der Waals surface area contributed by atoms with Crippen molar-refractivity contribution in [2.24, 2.45) is 0 Å². The number of halogens is 1. The van der Waals surface area contributed by atoms with Crippen LogP contribution in [-0.4, -0.2) is 68.5 Å². The molecule has 0 bridgehead atoms. The first-order valence-corrected chi connectivity index (χ1v) is 10.7. The van der Waals surface area contributed by atoms with E-state index in [0.717, 1.165) is 18.2 Å². The van der Waals surface area contributed by atoms with Crippen molar-refractivity contribution in [3.05, 3.63) is 65.7 Å². The van der Waals surface area contributed by atoms with Crippen LogP contribution in [0.3, 0.4) is 0 Å². The molecule has 0 aromatic heterocycles. The molecule has 0 saturated carbocycles. The van der Waals surface area contributed by atoms with Crippen LogP contribution in [-0.2, 0) is 10.0 Å². The molecule has 1 aliphatic rings. The normalized spacial score (nSPS) is 15.6. The number of benzene rings is 2. The highest BCUT2D eigenvalue weighted by molar-refractivity contribution is 7.89. The number of carboxylic acids is 1. The van der Waals surface area contributed by atoms with Gasteiger partial charge in [-0.1, -0.05) is 42.5 Å². The summed E-state index contributed by atoms with van der Waals surface area (Å²) in [5.41, 5.74) is 1.04. The molecule has 1 fully saturated rings. The van der Waals surface area contributed by atoms with Gasteiger partial charge in [0.2, 0.25) is 10.0 Å². The van der Waals surface area contributed by atoms with E-state index in [1.165, 1.54) is 23.5 Å². The van der Waals surface area contributed by atoms with Crippen molar-refractivity contribution >= 4 is 34.5 Å². The van der Waals surface area contributed by atoms with Crippen LogP contribution in [0, 0.1) is 0 Å². The van der Waals surface area contributed by atoms with E-state index in [1.54, 1.807) is 0 Å². The predicted molar refractivity (Wildman–Crippen MR) is 118 cm³/mol. The van der Waals surface area contributed by atoms with Gasteiger partial charge in [-0.05, 0) is 23.8 Å². The van der Waals surface area contributed by atoms with E-state index >= 15 is 0 Å². The van der Waals surface area contributed by atoms with Gasteiger partial charge in [-0.2, -0.15) is 4.31 Å². The number of hydrogen-bond donors (Lipinski definition) is 1. The lowest BCUT2D eigenvalue weighted by molar-refractivity contribution is 0.0696. The zero-order valence-corrected chi connectivity index (χ0v) is 18.2. The molecule has 2 aromatic carbocycles. The van der Waals surface area contributed by atoms with Crippen molar-refractivity contribution in [1.82, 2.24) is 9.21 Å². The largest absolute Gasteiger partial charge is 0.495 e. The first kappa shape index (κ1) is 23.9. The van der Waals surface area contributed by atoms with Gasteiger partial charge in [0.15, 0.2) is 0 Å². The van der Waals surface area contributed by atoms with E-state index < -0.39 is 16.0 Å². The molecule has 30 heavy (non-hydrogen) atoms. The average Bonchev–Trinajstić information content (AvgIpc) is 2.74. The van der Waals surface area contributed by atoms with Crippen LogP contribution in [0.5, 0.6) is 5.75 Å². The number of hydrogen-bond acceptors (Lipinski definition) is 5. The lowest BCUT2D eigenvalue weighted by atomic mass is 10.2. The number of rotatable bonds is 7. The van der Waals surface area contributed by atoms with Crippen LogP contribution in [0.4, 0.5) is 0 Å². The minimum absolute atomic E-state index is 0. The summed E-state index contributed by atoms with van der Waals surface area (Å²) in [6.45, 7) is 2.60. The molecule has 1 N–H and O–H groups in total. The molecule has 162 valence electrons. The topological polar surface area (TPSA) is 87.1 Å². The molecule has 1 heterocycles. The lowest BCUT2D eigenvalue weighted by Gasteiger charge is -2.33. The number of nitrogens with zero attached hydrogens (tertiary/aromatic N) is 2. The summed E-state index contributed by atoms with van der Waals surface area (Å²) in [6, 6.07) is 13.9.